The van der Waals surface area contributed by atoms with Gasteiger partial charge in [0.25, 0.3) is 11.6 Å². The highest BCUT2D eigenvalue weighted by Gasteiger charge is 2.20. The SMILES string of the molecule is CCCCCCN(CCN1CCOCC1)C(=O)c1ccc([N+](=O)[O-])c(C)c1. The van der Waals surface area contributed by atoms with Gasteiger partial charge >= 0.3 is 0 Å². The zero-order valence-electron chi connectivity index (χ0n) is 16.5. The van der Waals surface area contributed by atoms with Gasteiger partial charge in [0.05, 0.1) is 18.1 Å². The quantitative estimate of drug-likeness (QED) is 0.355. The zero-order chi connectivity index (χ0) is 19.6. The van der Waals surface area contributed by atoms with Crippen LogP contribution in [0.4, 0.5) is 5.69 Å². The lowest BCUT2D eigenvalue weighted by molar-refractivity contribution is -0.385. The predicted molar refractivity (Wildman–Crippen MR) is 105 cm³/mol. The molecule has 1 aliphatic rings. The number of rotatable bonds is 10. The maximum Gasteiger partial charge on any atom is 0.272 e. The van der Waals surface area contributed by atoms with Gasteiger partial charge in [0.1, 0.15) is 0 Å². The molecule has 150 valence electrons. The number of nitro groups is 1. The summed E-state index contributed by atoms with van der Waals surface area (Å²) < 4.78 is 5.38. The lowest BCUT2D eigenvalue weighted by atomic mass is 10.1. The van der Waals surface area contributed by atoms with E-state index in [1.165, 1.54) is 12.5 Å². The lowest BCUT2D eigenvalue weighted by Gasteiger charge is -2.30. The molecule has 0 N–H and O–H groups in total. The van der Waals surface area contributed by atoms with Gasteiger partial charge in [0, 0.05) is 49.9 Å². The van der Waals surface area contributed by atoms with Crippen LogP contribution < -0.4 is 0 Å². The van der Waals surface area contributed by atoms with Crippen molar-refractivity contribution < 1.29 is 14.5 Å². The average Bonchev–Trinajstić information content (AvgIpc) is 2.67. The molecule has 0 saturated carbocycles. The summed E-state index contributed by atoms with van der Waals surface area (Å²) in [5.41, 5.74) is 1.09. The van der Waals surface area contributed by atoms with Crippen LogP contribution in [0.15, 0.2) is 18.2 Å². The summed E-state index contributed by atoms with van der Waals surface area (Å²) in [5.74, 6) is -0.0437. The van der Waals surface area contributed by atoms with Gasteiger partial charge in [-0.3, -0.25) is 19.8 Å². The van der Waals surface area contributed by atoms with Crippen molar-refractivity contribution in [3.05, 3.63) is 39.4 Å². The number of benzene rings is 1. The number of hydrogen-bond acceptors (Lipinski definition) is 5. The molecule has 1 heterocycles. The van der Waals surface area contributed by atoms with Crippen LogP contribution in [0.3, 0.4) is 0 Å². The molecule has 0 spiro atoms. The van der Waals surface area contributed by atoms with Gasteiger partial charge in [-0.05, 0) is 25.5 Å². The molecule has 1 saturated heterocycles. The van der Waals surface area contributed by atoms with Gasteiger partial charge in [0.2, 0.25) is 0 Å². The van der Waals surface area contributed by atoms with E-state index in [9.17, 15) is 14.9 Å². The fourth-order valence-corrected chi connectivity index (χ4v) is 3.31. The Hall–Kier alpha value is -1.99. The van der Waals surface area contributed by atoms with Gasteiger partial charge in [-0.25, -0.2) is 0 Å². The van der Waals surface area contributed by atoms with E-state index in [0.29, 0.717) is 17.7 Å². The van der Waals surface area contributed by atoms with Crippen LogP contribution in [0.25, 0.3) is 0 Å². The summed E-state index contributed by atoms with van der Waals surface area (Å²) in [4.78, 5) is 27.8. The summed E-state index contributed by atoms with van der Waals surface area (Å²) in [5, 5.41) is 11.0. The topological polar surface area (TPSA) is 75.9 Å². The van der Waals surface area contributed by atoms with Crippen molar-refractivity contribution >= 4 is 11.6 Å². The van der Waals surface area contributed by atoms with Gasteiger partial charge in [0.15, 0.2) is 0 Å². The highest BCUT2D eigenvalue weighted by atomic mass is 16.6. The molecule has 0 bridgehead atoms. The molecular formula is C20H31N3O4. The van der Waals surface area contributed by atoms with Crippen LogP contribution in [0.1, 0.15) is 48.5 Å². The number of carbonyl (C=O) groups is 1. The lowest BCUT2D eigenvalue weighted by Crippen LogP contribution is -2.43. The van der Waals surface area contributed by atoms with Crippen molar-refractivity contribution in [1.82, 2.24) is 9.80 Å². The first-order valence-corrected chi connectivity index (χ1v) is 9.87. The standard InChI is InChI=1S/C20H31N3O4/c1-3-4-5-6-9-22(11-10-21-12-14-27-15-13-21)20(24)18-7-8-19(23(25)26)17(2)16-18/h7-8,16H,3-6,9-15H2,1-2H3. The molecule has 1 aromatic rings. The van der Waals surface area contributed by atoms with Gasteiger partial charge in [-0.1, -0.05) is 26.2 Å². The third-order valence-corrected chi connectivity index (χ3v) is 5.00. The first-order valence-electron chi connectivity index (χ1n) is 9.87. The number of ether oxygens (including phenoxy) is 1. The molecule has 1 aromatic carbocycles. The Kier molecular flexibility index (Phi) is 8.67. The number of carbonyl (C=O) groups excluding carboxylic acids is 1. The van der Waals surface area contributed by atoms with Crippen molar-refractivity contribution in [3.8, 4) is 0 Å². The van der Waals surface area contributed by atoms with Crippen LogP contribution in [-0.4, -0.2) is 66.6 Å². The number of hydrogen-bond donors (Lipinski definition) is 0. The van der Waals surface area contributed by atoms with E-state index in [2.05, 4.69) is 11.8 Å². The normalized spacial score (nSPS) is 14.9. The number of amides is 1. The van der Waals surface area contributed by atoms with Crippen LogP contribution in [0.5, 0.6) is 0 Å². The second-order valence-electron chi connectivity index (χ2n) is 7.07. The smallest absolute Gasteiger partial charge is 0.272 e. The van der Waals surface area contributed by atoms with Crippen molar-refractivity contribution in [2.24, 2.45) is 0 Å². The molecule has 0 aromatic heterocycles. The predicted octanol–water partition coefficient (Wildman–Crippen LogP) is 3.26. The summed E-state index contributed by atoms with van der Waals surface area (Å²) in [6.07, 6.45) is 4.41. The molecule has 1 fully saturated rings. The van der Waals surface area contributed by atoms with E-state index < -0.39 is 4.92 Å². The fourth-order valence-electron chi connectivity index (χ4n) is 3.31. The summed E-state index contributed by atoms with van der Waals surface area (Å²) in [7, 11) is 0. The number of morpholine rings is 1. The molecule has 0 aliphatic carbocycles. The van der Waals surface area contributed by atoms with E-state index in [4.69, 9.17) is 4.74 Å². The minimum absolute atomic E-state index is 0.0437. The van der Waals surface area contributed by atoms with E-state index in [1.807, 2.05) is 4.90 Å². The summed E-state index contributed by atoms with van der Waals surface area (Å²) in [6, 6.07) is 4.63. The van der Waals surface area contributed by atoms with E-state index in [0.717, 1.165) is 58.7 Å². The second kappa shape index (κ2) is 11.0. The second-order valence-corrected chi connectivity index (χ2v) is 7.07. The molecular weight excluding hydrogens is 346 g/mol. The molecule has 27 heavy (non-hydrogen) atoms. The number of unbranched alkanes of at least 4 members (excludes halogenated alkanes) is 3. The molecule has 0 atom stereocenters. The Labute approximate surface area is 161 Å². The van der Waals surface area contributed by atoms with Crippen molar-refractivity contribution in [2.75, 3.05) is 45.9 Å². The van der Waals surface area contributed by atoms with Crippen molar-refractivity contribution in [1.29, 1.82) is 0 Å². The first kappa shape index (κ1) is 21.3. The number of aryl methyl sites for hydroxylation is 1. The molecule has 7 heteroatoms. The van der Waals surface area contributed by atoms with Crippen LogP contribution >= 0.6 is 0 Å². The Balaban J connectivity index is 2.04. The Morgan fingerprint density at radius 3 is 2.59 bits per heavy atom. The van der Waals surface area contributed by atoms with E-state index in [1.54, 1.807) is 19.1 Å². The Bertz CT molecular complexity index is 630. The minimum Gasteiger partial charge on any atom is -0.379 e. The molecule has 1 aliphatic heterocycles. The number of nitrogens with zero attached hydrogens (tertiary/aromatic N) is 3. The van der Waals surface area contributed by atoms with Crippen molar-refractivity contribution in [2.45, 2.75) is 39.5 Å². The van der Waals surface area contributed by atoms with Crippen LogP contribution in [0.2, 0.25) is 0 Å². The van der Waals surface area contributed by atoms with Gasteiger partial charge in [-0.15, -0.1) is 0 Å². The number of nitro benzene ring substituents is 1. The largest absolute Gasteiger partial charge is 0.379 e. The minimum atomic E-state index is -0.412. The third kappa shape index (κ3) is 6.59. The molecule has 0 unspecified atom stereocenters. The third-order valence-electron chi connectivity index (χ3n) is 5.00. The first-order chi connectivity index (χ1) is 13.0. The van der Waals surface area contributed by atoms with Crippen LogP contribution in [-0.2, 0) is 4.74 Å². The van der Waals surface area contributed by atoms with E-state index in [-0.39, 0.29) is 11.6 Å². The summed E-state index contributed by atoms with van der Waals surface area (Å²) >= 11 is 0. The van der Waals surface area contributed by atoms with Gasteiger partial charge in [-0.2, -0.15) is 0 Å². The van der Waals surface area contributed by atoms with Crippen molar-refractivity contribution in [3.63, 3.8) is 0 Å². The highest BCUT2D eigenvalue weighted by Crippen LogP contribution is 2.20. The fraction of sp³-hybridized carbons (Fsp3) is 0.650. The zero-order valence-corrected chi connectivity index (χ0v) is 16.5. The molecule has 0 radical (unpaired) electrons. The van der Waals surface area contributed by atoms with Crippen LogP contribution in [0, 0.1) is 17.0 Å². The maximum absolute atomic E-state index is 13.0. The highest BCUT2D eigenvalue weighted by molar-refractivity contribution is 5.94. The molecule has 1 amide bonds. The Morgan fingerprint density at radius 2 is 1.96 bits per heavy atom. The molecule has 2 rings (SSSR count). The maximum atomic E-state index is 13.0. The monoisotopic (exact) mass is 377 g/mol. The molecule has 7 nitrogen and oxygen atoms in total. The van der Waals surface area contributed by atoms with Gasteiger partial charge < -0.3 is 9.64 Å². The Morgan fingerprint density at radius 1 is 1.22 bits per heavy atom. The summed E-state index contributed by atoms with van der Waals surface area (Å²) in [6.45, 7) is 9.34. The average molecular weight is 377 g/mol. The van der Waals surface area contributed by atoms with E-state index >= 15 is 0 Å².